The number of imidazole rings is 1. The summed E-state index contributed by atoms with van der Waals surface area (Å²) in [5, 5.41) is 0. The van der Waals surface area contributed by atoms with Crippen molar-refractivity contribution in [3.05, 3.63) is 48.0 Å². The van der Waals surface area contributed by atoms with Crippen molar-refractivity contribution in [3.63, 3.8) is 0 Å². The summed E-state index contributed by atoms with van der Waals surface area (Å²) < 4.78 is 15.3. The first-order valence-corrected chi connectivity index (χ1v) is 10.3. The van der Waals surface area contributed by atoms with Gasteiger partial charge in [0, 0.05) is 57.2 Å². The molecule has 4 heterocycles. The van der Waals surface area contributed by atoms with Gasteiger partial charge in [-0.2, -0.15) is 0 Å². The monoisotopic (exact) mass is 367 g/mol. The Morgan fingerprint density at radius 1 is 1.19 bits per heavy atom. The lowest BCUT2D eigenvalue weighted by atomic mass is 9.69. The molecule has 3 aliphatic heterocycles. The van der Waals surface area contributed by atoms with Crippen LogP contribution < -0.4 is 4.74 Å². The predicted molar refractivity (Wildman–Crippen MR) is 104 cm³/mol. The number of benzene rings is 1. The fraction of sp³-hybridized carbons (Fsp3) is 0.591. The highest BCUT2D eigenvalue weighted by molar-refractivity contribution is 5.39. The molecule has 3 aliphatic rings. The molecule has 2 fully saturated rings. The lowest BCUT2D eigenvalue weighted by molar-refractivity contribution is -0.170. The van der Waals surface area contributed by atoms with Crippen LogP contribution in [0.2, 0.25) is 0 Å². The van der Waals surface area contributed by atoms with Crippen molar-refractivity contribution in [2.24, 2.45) is 13.0 Å². The van der Waals surface area contributed by atoms with Crippen LogP contribution in [-0.2, 0) is 18.3 Å². The number of hydrogen-bond donors (Lipinski definition) is 0. The van der Waals surface area contributed by atoms with Crippen LogP contribution in [0.3, 0.4) is 0 Å². The number of hydrogen-bond acceptors (Lipinski definition) is 4. The van der Waals surface area contributed by atoms with E-state index in [0.29, 0.717) is 12.0 Å². The van der Waals surface area contributed by atoms with Crippen LogP contribution in [0, 0.1) is 5.92 Å². The van der Waals surface area contributed by atoms with E-state index in [-0.39, 0.29) is 11.7 Å². The van der Waals surface area contributed by atoms with Crippen LogP contribution >= 0.6 is 0 Å². The molecule has 27 heavy (non-hydrogen) atoms. The number of nitrogens with zero attached hydrogens (tertiary/aromatic N) is 3. The topological polar surface area (TPSA) is 39.5 Å². The van der Waals surface area contributed by atoms with Gasteiger partial charge >= 0.3 is 0 Å². The second-order valence-corrected chi connectivity index (χ2v) is 8.53. The van der Waals surface area contributed by atoms with E-state index in [9.17, 15) is 0 Å². The number of ether oxygens (including phenoxy) is 2. The molecule has 1 aromatic heterocycles. The number of aromatic nitrogens is 2. The summed E-state index contributed by atoms with van der Waals surface area (Å²) in [6.07, 6.45) is 8.84. The Hall–Kier alpha value is -1.85. The molecule has 3 atom stereocenters. The maximum absolute atomic E-state index is 6.75. The highest BCUT2D eigenvalue weighted by Crippen LogP contribution is 2.53. The van der Waals surface area contributed by atoms with Gasteiger partial charge in [0.05, 0.1) is 24.2 Å². The second kappa shape index (κ2) is 6.64. The van der Waals surface area contributed by atoms with Gasteiger partial charge in [0.2, 0.25) is 0 Å². The first-order valence-electron chi connectivity index (χ1n) is 10.3. The summed E-state index contributed by atoms with van der Waals surface area (Å²) in [5.41, 5.74) is 2.44. The molecule has 0 N–H and O–H groups in total. The Balaban J connectivity index is 1.37. The van der Waals surface area contributed by atoms with Crippen LogP contribution in [0.5, 0.6) is 5.75 Å². The zero-order valence-electron chi connectivity index (χ0n) is 16.3. The Bertz CT molecular complexity index is 809. The molecular formula is C22H29N3O2. The molecule has 0 bridgehead atoms. The average Bonchev–Trinajstić information content (AvgIpc) is 3.08. The third kappa shape index (κ3) is 2.97. The van der Waals surface area contributed by atoms with Crippen LogP contribution in [0.4, 0.5) is 0 Å². The summed E-state index contributed by atoms with van der Waals surface area (Å²) in [4.78, 5) is 6.79. The summed E-state index contributed by atoms with van der Waals surface area (Å²) in [6, 6.07) is 8.50. The number of aryl methyl sites for hydroxylation is 1. The van der Waals surface area contributed by atoms with Gasteiger partial charge in [-0.15, -0.1) is 0 Å². The third-order valence-electron chi connectivity index (χ3n) is 6.85. The van der Waals surface area contributed by atoms with Crippen molar-refractivity contribution in [2.45, 2.75) is 57.0 Å². The summed E-state index contributed by atoms with van der Waals surface area (Å²) in [5.74, 6) is 1.50. The lowest BCUT2D eigenvalue weighted by Crippen LogP contribution is -2.57. The minimum Gasteiger partial charge on any atom is -0.486 e. The average molecular weight is 367 g/mol. The number of fused-ring (bicyclic) bond motifs is 4. The van der Waals surface area contributed by atoms with Crippen molar-refractivity contribution >= 4 is 0 Å². The minimum atomic E-state index is -0.0812. The van der Waals surface area contributed by atoms with E-state index in [1.807, 2.05) is 12.5 Å². The number of rotatable bonds is 2. The minimum absolute atomic E-state index is 0.0812. The lowest BCUT2D eigenvalue weighted by Gasteiger charge is -2.54. The van der Waals surface area contributed by atoms with Gasteiger partial charge in [0.25, 0.3) is 0 Å². The summed E-state index contributed by atoms with van der Waals surface area (Å²) in [7, 11) is 2.07. The Morgan fingerprint density at radius 2 is 2.00 bits per heavy atom. The zero-order valence-corrected chi connectivity index (χ0v) is 16.3. The van der Waals surface area contributed by atoms with Gasteiger partial charge in [0.1, 0.15) is 11.4 Å². The fourth-order valence-corrected chi connectivity index (χ4v) is 5.24. The third-order valence-corrected chi connectivity index (χ3v) is 6.85. The van der Waals surface area contributed by atoms with Crippen molar-refractivity contribution in [2.75, 3.05) is 13.1 Å². The second-order valence-electron chi connectivity index (χ2n) is 8.53. The predicted octanol–water partition coefficient (Wildman–Crippen LogP) is 3.70. The first-order chi connectivity index (χ1) is 13.1. The van der Waals surface area contributed by atoms with Crippen LogP contribution in [-0.4, -0.2) is 39.2 Å². The summed E-state index contributed by atoms with van der Waals surface area (Å²) >= 11 is 0. The first kappa shape index (κ1) is 17.3. The molecule has 0 amide bonds. The molecular weight excluding hydrogens is 338 g/mol. The SMILES string of the molecule is C[C@H]1CC[C@@H]2[C@@H](O1)c1ccccc1OC21CCN(Cc2cncn2C)CC1. The Labute approximate surface area is 161 Å². The Morgan fingerprint density at radius 3 is 2.78 bits per heavy atom. The van der Waals surface area contributed by atoms with Gasteiger partial charge in [-0.25, -0.2) is 4.98 Å². The molecule has 5 nitrogen and oxygen atoms in total. The van der Waals surface area contributed by atoms with E-state index in [4.69, 9.17) is 9.47 Å². The van der Waals surface area contributed by atoms with Crippen LogP contribution in [0.15, 0.2) is 36.8 Å². The van der Waals surface area contributed by atoms with E-state index < -0.39 is 0 Å². The van der Waals surface area contributed by atoms with E-state index in [2.05, 4.69) is 52.7 Å². The number of piperidine rings is 1. The standard InChI is InChI=1S/C22H29N3O2/c1-16-7-8-19-21(26-16)18-5-3-4-6-20(18)27-22(19)9-11-25(12-10-22)14-17-13-23-15-24(17)2/h3-6,13,15-16,19,21H,7-12,14H2,1-2H3/t16-,19+,21-/m0/s1. The van der Waals surface area contributed by atoms with Crippen molar-refractivity contribution in [3.8, 4) is 5.75 Å². The molecule has 5 rings (SSSR count). The van der Waals surface area contributed by atoms with Gasteiger partial charge in [-0.3, -0.25) is 4.90 Å². The molecule has 0 aliphatic carbocycles. The highest BCUT2D eigenvalue weighted by atomic mass is 16.5. The van der Waals surface area contributed by atoms with Gasteiger partial charge in [0.15, 0.2) is 0 Å². The van der Waals surface area contributed by atoms with E-state index in [1.165, 1.54) is 17.7 Å². The van der Waals surface area contributed by atoms with Crippen molar-refractivity contribution in [1.29, 1.82) is 0 Å². The number of likely N-dealkylation sites (tertiary alicyclic amines) is 1. The smallest absolute Gasteiger partial charge is 0.125 e. The van der Waals surface area contributed by atoms with E-state index >= 15 is 0 Å². The quantitative estimate of drug-likeness (QED) is 0.811. The molecule has 5 heteroatoms. The molecule has 0 radical (unpaired) electrons. The molecule has 1 aromatic carbocycles. The Kier molecular flexibility index (Phi) is 4.25. The molecule has 0 saturated carbocycles. The molecule has 2 saturated heterocycles. The van der Waals surface area contributed by atoms with Crippen molar-refractivity contribution < 1.29 is 9.47 Å². The van der Waals surface area contributed by atoms with Crippen LogP contribution in [0.25, 0.3) is 0 Å². The van der Waals surface area contributed by atoms with Gasteiger partial charge in [-0.1, -0.05) is 18.2 Å². The highest BCUT2D eigenvalue weighted by Gasteiger charge is 2.53. The van der Waals surface area contributed by atoms with Gasteiger partial charge in [-0.05, 0) is 25.8 Å². The molecule has 2 aromatic rings. The number of para-hydroxylation sites is 1. The van der Waals surface area contributed by atoms with Crippen molar-refractivity contribution in [1.82, 2.24) is 14.5 Å². The zero-order chi connectivity index (χ0) is 18.4. The molecule has 144 valence electrons. The summed E-state index contributed by atoms with van der Waals surface area (Å²) in [6.45, 7) is 5.29. The molecule has 0 unspecified atom stereocenters. The molecule has 1 spiro atoms. The largest absolute Gasteiger partial charge is 0.486 e. The normalized spacial score (nSPS) is 29.8. The van der Waals surface area contributed by atoms with Gasteiger partial charge < -0.3 is 14.0 Å². The van der Waals surface area contributed by atoms with E-state index in [0.717, 1.165) is 44.6 Å². The maximum atomic E-state index is 6.75. The van der Waals surface area contributed by atoms with E-state index in [1.54, 1.807) is 0 Å². The fourth-order valence-electron chi connectivity index (χ4n) is 5.24. The van der Waals surface area contributed by atoms with Crippen LogP contribution in [0.1, 0.15) is 50.0 Å². The maximum Gasteiger partial charge on any atom is 0.125 e.